The van der Waals surface area contributed by atoms with E-state index in [-0.39, 0.29) is 17.3 Å². The van der Waals surface area contributed by atoms with Gasteiger partial charge in [-0.3, -0.25) is 5.10 Å². The molecule has 1 amide bonds. The number of amides is 1. The van der Waals surface area contributed by atoms with Crippen LogP contribution in [-0.2, 0) is 4.74 Å². The molecule has 2 aromatic carbocycles. The number of H-pyrrole nitrogens is 1. The first-order valence-electron chi connectivity index (χ1n) is 12.1. The Morgan fingerprint density at radius 3 is 2.49 bits per heavy atom. The number of nitrogens with zero attached hydrogens (tertiary/aromatic N) is 3. The fourth-order valence-corrected chi connectivity index (χ4v) is 4.69. The minimum absolute atomic E-state index is 0.0614. The summed E-state index contributed by atoms with van der Waals surface area (Å²) in [5.41, 5.74) is 8.78. The molecule has 39 heavy (non-hydrogen) atoms. The largest absolute Gasteiger partial charge is 0.493 e. The zero-order valence-electron chi connectivity index (χ0n) is 21.6. The van der Waals surface area contributed by atoms with Crippen LogP contribution in [0.25, 0.3) is 11.3 Å². The number of nitrogens with one attached hydrogen (secondary N) is 1. The maximum Gasteiger partial charge on any atom is 0.415 e. The normalized spacial score (nSPS) is 16.6. The fraction of sp³-hybridized carbons (Fsp3) is 0.296. The standard InChI is InChI=1S/C27H27N5O7/c1-34-19-12-16(13-20(35-2)24(19)36-3)23-22-21(18(14-28)25(29)39-26(22)31-30-23)15-5-4-6-17(11-15)38-27(33)32-7-9-37-10-8-32/h4-6,11-13,21H,7-10,29H2,1-3H3,(H,30,31)/t21-/m1/s1. The Morgan fingerprint density at radius 2 is 1.85 bits per heavy atom. The van der Waals surface area contributed by atoms with Crippen molar-refractivity contribution in [3.63, 3.8) is 0 Å². The molecule has 5 rings (SSSR count). The molecule has 1 fully saturated rings. The van der Waals surface area contributed by atoms with Crippen molar-refractivity contribution in [2.75, 3.05) is 47.6 Å². The number of aromatic amines is 1. The van der Waals surface area contributed by atoms with Crippen LogP contribution < -0.4 is 29.4 Å². The molecule has 12 nitrogen and oxygen atoms in total. The summed E-state index contributed by atoms with van der Waals surface area (Å²) in [5, 5.41) is 17.4. The highest BCUT2D eigenvalue weighted by molar-refractivity contribution is 5.75. The minimum atomic E-state index is -0.673. The molecule has 3 aromatic rings. The van der Waals surface area contributed by atoms with Gasteiger partial charge in [0.05, 0.1) is 51.7 Å². The lowest BCUT2D eigenvalue weighted by molar-refractivity contribution is 0.0416. The summed E-state index contributed by atoms with van der Waals surface area (Å²) in [6.07, 6.45) is -0.472. The van der Waals surface area contributed by atoms with Crippen molar-refractivity contribution < 1.29 is 33.2 Å². The molecule has 0 bridgehead atoms. The van der Waals surface area contributed by atoms with Gasteiger partial charge in [0.2, 0.25) is 17.5 Å². The number of fused-ring (bicyclic) bond motifs is 1. The van der Waals surface area contributed by atoms with E-state index < -0.39 is 12.0 Å². The zero-order chi connectivity index (χ0) is 27.5. The number of rotatable bonds is 6. The maximum atomic E-state index is 12.7. The number of methoxy groups -OCH3 is 3. The number of benzene rings is 2. The highest BCUT2D eigenvalue weighted by Crippen LogP contribution is 2.48. The minimum Gasteiger partial charge on any atom is -0.493 e. The molecule has 0 unspecified atom stereocenters. The van der Waals surface area contributed by atoms with E-state index in [1.54, 1.807) is 35.2 Å². The van der Waals surface area contributed by atoms with Crippen LogP contribution in [-0.4, -0.2) is 68.8 Å². The van der Waals surface area contributed by atoms with Crippen LogP contribution in [0.2, 0.25) is 0 Å². The Hall–Kier alpha value is -4.89. The van der Waals surface area contributed by atoms with Gasteiger partial charge in [-0.15, -0.1) is 5.10 Å². The molecule has 0 radical (unpaired) electrons. The Morgan fingerprint density at radius 1 is 1.13 bits per heavy atom. The summed E-state index contributed by atoms with van der Waals surface area (Å²) in [5.74, 6) is 1.12. The number of hydrogen-bond donors (Lipinski definition) is 2. The van der Waals surface area contributed by atoms with E-state index >= 15 is 0 Å². The first-order chi connectivity index (χ1) is 19.0. The Balaban J connectivity index is 1.58. The highest BCUT2D eigenvalue weighted by atomic mass is 16.6. The number of ether oxygens (including phenoxy) is 6. The molecule has 0 aliphatic carbocycles. The number of aromatic nitrogens is 2. The van der Waals surface area contributed by atoms with Crippen LogP contribution in [0.5, 0.6) is 28.9 Å². The molecule has 0 saturated carbocycles. The van der Waals surface area contributed by atoms with Crippen molar-refractivity contribution in [3.05, 3.63) is 59.0 Å². The topological polar surface area (TPSA) is 154 Å². The van der Waals surface area contributed by atoms with Crippen molar-refractivity contribution in [2.24, 2.45) is 5.73 Å². The Bertz CT molecular complexity index is 1440. The third-order valence-electron chi connectivity index (χ3n) is 6.56. The van der Waals surface area contributed by atoms with Crippen LogP contribution in [0.1, 0.15) is 17.0 Å². The van der Waals surface area contributed by atoms with Gasteiger partial charge in [0.1, 0.15) is 17.4 Å². The van der Waals surface area contributed by atoms with E-state index in [2.05, 4.69) is 16.3 Å². The summed E-state index contributed by atoms with van der Waals surface area (Å²) < 4.78 is 33.2. The number of hydrogen-bond acceptors (Lipinski definition) is 10. The van der Waals surface area contributed by atoms with E-state index in [0.717, 1.165) is 0 Å². The fourth-order valence-electron chi connectivity index (χ4n) is 4.69. The van der Waals surface area contributed by atoms with E-state index in [1.165, 1.54) is 21.3 Å². The molecule has 2 aliphatic heterocycles. The number of carbonyl (C=O) groups excluding carboxylic acids is 1. The quantitative estimate of drug-likeness (QED) is 0.483. The molecule has 2 aliphatic rings. The van der Waals surface area contributed by atoms with Crippen LogP contribution in [0.4, 0.5) is 4.79 Å². The van der Waals surface area contributed by atoms with Crippen LogP contribution in [0.3, 0.4) is 0 Å². The first kappa shape index (κ1) is 25.7. The monoisotopic (exact) mass is 533 g/mol. The summed E-state index contributed by atoms with van der Waals surface area (Å²) in [4.78, 5) is 14.3. The van der Waals surface area contributed by atoms with Gasteiger partial charge in [-0.1, -0.05) is 12.1 Å². The predicted octanol–water partition coefficient (Wildman–Crippen LogP) is 3.15. The molecule has 3 heterocycles. The van der Waals surface area contributed by atoms with E-state index in [0.29, 0.717) is 71.7 Å². The van der Waals surface area contributed by atoms with Crippen molar-refractivity contribution in [1.82, 2.24) is 15.1 Å². The summed E-state index contributed by atoms with van der Waals surface area (Å²) >= 11 is 0. The zero-order valence-corrected chi connectivity index (χ0v) is 21.6. The smallest absolute Gasteiger partial charge is 0.415 e. The molecular weight excluding hydrogens is 506 g/mol. The van der Waals surface area contributed by atoms with Gasteiger partial charge in [0, 0.05) is 18.7 Å². The van der Waals surface area contributed by atoms with Crippen molar-refractivity contribution in [2.45, 2.75) is 5.92 Å². The second kappa shape index (κ2) is 10.8. The van der Waals surface area contributed by atoms with Gasteiger partial charge >= 0.3 is 6.09 Å². The van der Waals surface area contributed by atoms with Gasteiger partial charge in [-0.05, 0) is 29.8 Å². The highest BCUT2D eigenvalue weighted by Gasteiger charge is 2.36. The number of allylic oxidation sites excluding steroid dienone is 1. The molecule has 1 aromatic heterocycles. The molecule has 12 heteroatoms. The van der Waals surface area contributed by atoms with E-state index in [4.69, 9.17) is 34.2 Å². The van der Waals surface area contributed by atoms with Crippen LogP contribution >= 0.6 is 0 Å². The van der Waals surface area contributed by atoms with Crippen LogP contribution in [0, 0.1) is 11.3 Å². The van der Waals surface area contributed by atoms with Crippen LogP contribution in [0.15, 0.2) is 47.9 Å². The van der Waals surface area contributed by atoms with Gasteiger partial charge in [-0.2, -0.15) is 5.26 Å². The SMILES string of the molecule is COc1cc(-c2[nH]nc3c2[C@H](c2cccc(OC(=O)N4CCOCC4)c2)C(C#N)=C(N)O3)cc(OC)c1OC. The van der Waals surface area contributed by atoms with Gasteiger partial charge in [0.15, 0.2) is 11.5 Å². The Labute approximate surface area is 224 Å². The number of carbonyl (C=O) groups is 1. The molecule has 0 spiro atoms. The average Bonchev–Trinajstić information content (AvgIpc) is 3.39. The second-order valence-electron chi connectivity index (χ2n) is 8.70. The summed E-state index contributed by atoms with van der Waals surface area (Å²) in [7, 11) is 4.57. The lowest BCUT2D eigenvalue weighted by Gasteiger charge is -2.26. The van der Waals surface area contributed by atoms with E-state index in [1.807, 2.05) is 6.07 Å². The number of morpholine rings is 1. The third kappa shape index (κ3) is 4.75. The number of nitrogens with two attached hydrogens (primary N) is 1. The van der Waals surface area contributed by atoms with Gasteiger partial charge < -0.3 is 39.1 Å². The van der Waals surface area contributed by atoms with Crippen molar-refractivity contribution >= 4 is 6.09 Å². The molecule has 3 N–H and O–H groups in total. The lowest BCUT2D eigenvalue weighted by Crippen LogP contribution is -2.42. The summed E-state index contributed by atoms with van der Waals surface area (Å²) in [6, 6.07) is 12.7. The van der Waals surface area contributed by atoms with Crippen molar-refractivity contribution in [3.8, 4) is 46.2 Å². The maximum absolute atomic E-state index is 12.7. The predicted molar refractivity (Wildman–Crippen MR) is 138 cm³/mol. The number of nitriles is 1. The first-order valence-corrected chi connectivity index (χ1v) is 12.1. The lowest BCUT2D eigenvalue weighted by atomic mass is 9.83. The summed E-state index contributed by atoms with van der Waals surface area (Å²) in [6.45, 7) is 1.82. The third-order valence-corrected chi connectivity index (χ3v) is 6.56. The molecular formula is C27H27N5O7. The Kier molecular flexibility index (Phi) is 7.16. The van der Waals surface area contributed by atoms with Crippen molar-refractivity contribution in [1.29, 1.82) is 5.26 Å². The molecule has 1 saturated heterocycles. The second-order valence-corrected chi connectivity index (χ2v) is 8.70. The van der Waals surface area contributed by atoms with E-state index in [9.17, 15) is 10.1 Å². The van der Waals surface area contributed by atoms with Gasteiger partial charge in [-0.25, -0.2) is 4.79 Å². The molecule has 1 atom stereocenters. The van der Waals surface area contributed by atoms with Gasteiger partial charge in [0.25, 0.3) is 0 Å². The molecule has 202 valence electrons. The average molecular weight is 534 g/mol.